The van der Waals surface area contributed by atoms with Crippen molar-refractivity contribution in [2.75, 3.05) is 11.9 Å². The smallest absolute Gasteiger partial charge is 0.362 e. The summed E-state index contributed by atoms with van der Waals surface area (Å²) in [6.07, 6.45) is 1.99. The topological polar surface area (TPSA) is 64.4 Å². The summed E-state index contributed by atoms with van der Waals surface area (Å²) in [6.45, 7) is 1.78. The molecule has 1 N–H and O–H groups in total. The maximum atomic E-state index is 14.1. The maximum Gasteiger partial charge on any atom is 0.362 e. The van der Waals surface area contributed by atoms with Crippen LogP contribution in [0.15, 0.2) is 58.8 Å². The molecule has 7 heteroatoms. The summed E-state index contributed by atoms with van der Waals surface area (Å²) < 4.78 is 38.6. The molecule has 0 radical (unpaired) electrons. The second kappa shape index (κ2) is 7.29. The van der Waals surface area contributed by atoms with Crippen molar-refractivity contribution in [2.45, 2.75) is 19.0 Å². The van der Waals surface area contributed by atoms with E-state index in [4.69, 9.17) is 9.15 Å². The molecular weight excluding hydrogens is 330 g/mol. The molecule has 1 aromatic carbocycles. The van der Waals surface area contributed by atoms with Gasteiger partial charge in [0.05, 0.1) is 6.61 Å². The van der Waals surface area contributed by atoms with Crippen molar-refractivity contribution in [3.05, 3.63) is 66.0 Å². The van der Waals surface area contributed by atoms with E-state index in [0.717, 1.165) is 6.08 Å². The summed E-state index contributed by atoms with van der Waals surface area (Å²) in [5.41, 5.74) is 0.474. The van der Waals surface area contributed by atoms with Crippen LogP contribution < -0.4 is 5.32 Å². The number of allylic oxidation sites excluding steroid dienone is 4. The number of nitrogens with zero attached hydrogens (tertiary/aromatic N) is 1. The lowest BCUT2D eigenvalue weighted by Gasteiger charge is -2.16. The lowest BCUT2D eigenvalue weighted by Crippen LogP contribution is -2.15. The number of carbonyl (C=O) groups is 1. The third-order valence-electron chi connectivity index (χ3n) is 3.58. The van der Waals surface area contributed by atoms with Crippen LogP contribution in [-0.4, -0.2) is 23.7 Å². The van der Waals surface area contributed by atoms with Gasteiger partial charge >= 0.3 is 5.97 Å². The Morgan fingerprint density at radius 2 is 2.12 bits per heavy atom. The molecule has 25 heavy (non-hydrogen) atoms. The minimum atomic E-state index is -1.64. The maximum absolute atomic E-state index is 14.1. The van der Waals surface area contributed by atoms with E-state index in [0.29, 0.717) is 5.69 Å². The van der Waals surface area contributed by atoms with Gasteiger partial charge in [0.2, 0.25) is 17.5 Å². The highest BCUT2D eigenvalue weighted by Gasteiger charge is 2.34. The summed E-state index contributed by atoms with van der Waals surface area (Å²) in [5.74, 6) is -3.04. The summed E-state index contributed by atoms with van der Waals surface area (Å²) in [7, 11) is 0. The zero-order valence-corrected chi connectivity index (χ0v) is 13.4. The third-order valence-corrected chi connectivity index (χ3v) is 3.58. The molecule has 0 aliphatic heterocycles. The fraction of sp³-hybridized carbons (Fsp3) is 0.222. The molecular formula is C18H16F2N2O3. The Morgan fingerprint density at radius 1 is 1.36 bits per heavy atom. The first-order chi connectivity index (χ1) is 12.1. The highest BCUT2D eigenvalue weighted by Crippen LogP contribution is 2.36. The molecule has 1 heterocycles. The summed E-state index contributed by atoms with van der Waals surface area (Å²) in [4.78, 5) is 16.1. The van der Waals surface area contributed by atoms with Crippen LogP contribution in [0.3, 0.4) is 0 Å². The van der Waals surface area contributed by atoms with Gasteiger partial charge < -0.3 is 14.5 Å². The monoisotopic (exact) mass is 346 g/mol. The predicted octanol–water partition coefficient (Wildman–Crippen LogP) is 4.44. The van der Waals surface area contributed by atoms with E-state index >= 15 is 0 Å². The largest absolute Gasteiger partial charge is 0.461 e. The highest BCUT2D eigenvalue weighted by atomic mass is 19.1. The summed E-state index contributed by atoms with van der Waals surface area (Å²) >= 11 is 0. The SMILES string of the molecule is CCOC(=O)c1nc(C2C(F)=CC=CC2F)oc1Nc1ccccc1. The van der Waals surface area contributed by atoms with Crippen molar-refractivity contribution in [3.8, 4) is 0 Å². The van der Waals surface area contributed by atoms with Gasteiger partial charge in [-0.05, 0) is 31.2 Å². The van der Waals surface area contributed by atoms with Crippen LogP contribution in [0.4, 0.5) is 20.4 Å². The van der Waals surface area contributed by atoms with Gasteiger partial charge in [-0.3, -0.25) is 0 Å². The van der Waals surface area contributed by atoms with E-state index in [9.17, 15) is 13.6 Å². The van der Waals surface area contributed by atoms with Gasteiger partial charge in [-0.15, -0.1) is 0 Å². The fourth-order valence-electron chi connectivity index (χ4n) is 2.42. The Kier molecular flexibility index (Phi) is 4.92. The zero-order valence-electron chi connectivity index (χ0n) is 13.4. The zero-order chi connectivity index (χ0) is 17.8. The predicted molar refractivity (Wildman–Crippen MR) is 88.2 cm³/mol. The van der Waals surface area contributed by atoms with Crippen molar-refractivity contribution < 1.29 is 22.7 Å². The molecule has 0 saturated carbocycles. The second-order valence-electron chi connectivity index (χ2n) is 5.30. The number of para-hydroxylation sites is 1. The average molecular weight is 346 g/mol. The van der Waals surface area contributed by atoms with Gasteiger partial charge in [-0.2, -0.15) is 0 Å². The number of hydrogen-bond acceptors (Lipinski definition) is 5. The molecule has 0 fully saturated rings. The summed E-state index contributed by atoms with van der Waals surface area (Å²) in [6, 6.07) is 8.90. The number of rotatable bonds is 5. The number of ether oxygens (including phenoxy) is 1. The molecule has 2 unspecified atom stereocenters. The van der Waals surface area contributed by atoms with Crippen molar-refractivity contribution in [1.82, 2.24) is 4.98 Å². The molecule has 0 saturated heterocycles. The van der Waals surface area contributed by atoms with Gasteiger partial charge in [0.15, 0.2) is 0 Å². The van der Waals surface area contributed by atoms with Crippen LogP contribution in [0.2, 0.25) is 0 Å². The normalized spacial score (nSPS) is 19.4. The van der Waals surface area contributed by atoms with E-state index in [2.05, 4.69) is 10.3 Å². The summed E-state index contributed by atoms with van der Waals surface area (Å²) in [5, 5.41) is 2.89. The Balaban J connectivity index is 1.98. The first kappa shape index (κ1) is 16.9. The first-order valence-corrected chi connectivity index (χ1v) is 7.78. The molecule has 1 aliphatic rings. The van der Waals surface area contributed by atoms with Gasteiger partial charge in [-0.1, -0.05) is 24.3 Å². The molecule has 130 valence electrons. The van der Waals surface area contributed by atoms with Crippen LogP contribution in [-0.2, 0) is 4.74 Å². The molecule has 3 rings (SSSR count). The third kappa shape index (κ3) is 3.60. The number of halogens is 2. The number of carbonyl (C=O) groups excluding carboxylic acids is 1. The quantitative estimate of drug-likeness (QED) is 0.811. The molecule has 1 aliphatic carbocycles. The van der Waals surface area contributed by atoms with Gasteiger partial charge in [-0.25, -0.2) is 18.6 Å². The van der Waals surface area contributed by atoms with E-state index < -0.39 is 23.9 Å². The van der Waals surface area contributed by atoms with E-state index in [1.54, 1.807) is 31.2 Å². The van der Waals surface area contributed by atoms with Crippen LogP contribution in [0, 0.1) is 0 Å². The molecule has 5 nitrogen and oxygen atoms in total. The Labute approximate surface area is 143 Å². The van der Waals surface area contributed by atoms with E-state index in [1.807, 2.05) is 6.07 Å². The fourth-order valence-corrected chi connectivity index (χ4v) is 2.42. The van der Waals surface area contributed by atoms with Crippen LogP contribution in [0.1, 0.15) is 29.2 Å². The van der Waals surface area contributed by atoms with E-state index in [1.165, 1.54) is 12.2 Å². The Bertz CT molecular complexity index is 815. The van der Waals surface area contributed by atoms with Crippen molar-refractivity contribution in [3.63, 3.8) is 0 Å². The standard InChI is InChI=1S/C18H16F2N2O3/c1-2-24-18(23)15-17(21-11-7-4-3-5-8-11)25-16(22-15)14-12(19)9-6-10-13(14)20/h3-10,12,14,21H,2H2,1H3. The second-order valence-corrected chi connectivity index (χ2v) is 5.30. The van der Waals surface area contributed by atoms with Crippen LogP contribution >= 0.6 is 0 Å². The molecule has 1 aromatic heterocycles. The number of benzene rings is 1. The molecule has 2 aromatic rings. The van der Waals surface area contributed by atoms with Crippen LogP contribution in [0.5, 0.6) is 0 Å². The number of nitrogens with one attached hydrogen (secondary N) is 1. The van der Waals surface area contributed by atoms with E-state index in [-0.39, 0.29) is 24.1 Å². The van der Waals surface area contributed by atoms with Crippen molar-refractivity contribution in [1.29, 1.82) is 0 Å². The Hall–Kier alpha value is -2.96. The van der Waals surface area contributed by atoms with Crippen molar-refractivity contribution in [2.24, 2.45) is 0 Å². The number of hydrogen-bond donors (Lipinski definition) is 1. The van der Waals surface area contributed by atoms with Crippen molar-refractivity contribution >= 4 is 17.5 Å². The number of anilines is 2. The minimum Gasteiger partial charge on any atom is -0.461 e. The average Bonchev–Trinajstić information content (AvgIpc) is 2.99. The van der Waals surface area contributed by atoms with Crippen LogP contribution in [0.25, 0.3) is 0 Å². The van der Waals surface area contributed by atoms with Gasteiger partial charge in [0.25, 0.3) is 0 Å². The van der Waals surface area contributed by atoms with Gasteiger partial charge in [0.1, 0.15) is 17.9 Å². The lowest BCUT2D eigenvalue weighted by molar-refractivity contribution is 0.0520. The molecule has 0 spiro atoms. The molecule has 0 amide bonds. The number of aromatic nitrogens is 1. The van der Waals surface area contributed by atoms with Gasteiger partial charge in [0, 0.05) is 5.69 Å². The minimum absolute atomic E-state index is 0.0193. The highest BCUT2D eigenvalue weighted by molar-refractivity contribution is 5.93. The first-order valence-electron chi connectivity index (χ1n) is 7.78. The molecule has 0 bridgehead atoms. The number of alkyl halides is 1. The molecule has 2 atom stereocenters. The number of esters is 1. The number of oxazole rings is 1. The Morgan fingerprint density at radius 3 is 2.80 bits per heavy atom. The lowest BCUT2D eigenvalue weighted by atomic mass is 9.97.